The molecule has 3 rings (SSSR count). The second-order valence-electron chi connectivity index (χ2n) is 9.93. The van der Waals surface area contributed by atoms with Crippen molar-refractivity contribution in [2.45, 2.75) is 62.7 Å². The maximum atomic E-state index is 13.4. The van der Waals surface area contributed by atoms with Gasteiger partial charge in [0, 0.05) is 25.8 Å². The highest BCUT2D eigenvalue weighted by molar-refractivity contribution is 5.94. The third kappa shape index (κ3) is 8.93. The molecular formula is C28H34N4O9. The minimum absolute atomic E-state index is 0.00188. The number of hydrogen-bond donors (Lipinski definition) is 7. The summed E-state index contributed by atoms with van der Waals surface area (Å²) in [6, 6.07) is 7.15. The second-order valence-corrected chi connectivity index (χ2v) is 9.93. The number of aromatic hydroxyl groups is 2. The van der Waals surface area contributed by atoms with E-state index in [-0.39, 0.29) is 43.7 Å². The molecule has 0 aliphatic carbocycles. The number of nitrogens with two attached hydrogens (primary N) is 1. The molecule has 1 aliphatic heterocycles. The van der Waals surface area contributed by atoms with Crippen molar-refractivity contribution >= 4 is 29.7 Å². The van der Waals surface area contributed by atoms with Crippen LogP contribution >= 0.6 is 0 Å². The van der Waals surface area contributed by atoms with Crippen molar-refractivity contribution in [2.24, 2.45) is 5.73 Å². The van der Waals surface area contributed by atoms with E-state index in [2.05, 4.69) is 10.6 Å². The number of hydrogen-bond acceptors (Lipinski definition) is 8. The molecule has 1 heterocycles. The number of phenols is 2. The number of nitrogens with zero attached hydrogens (tertiary/aromatic N) is 1. The maximum absolute atomic E-state index is 13.4. The molecule has 0 aromatic heterocycles. The predicted octanol–water partition coefficient (Wildman–Crippen LogP) is 0.120. The summed E-state index contributed by atoms with van der Waals surface area (Å²) in [5.74, 6) is -4.37. The monoisotopic (exact) mass is 570 g/mol. The number of carbonyl (C=O) groups excluding carboxylic acids is 3. The van der Waals surface area contributed by atoms with Crippen LogP contribution in [0.15, 0.2) is 48.5 Å². The quantitative estimate of drug-likeness (QED) is 0.172. The SMILES string of the molecule is NC(CCC(=O)O)C(=O)N1CCCC1C(=O)NC(Cc1ccc(O)cc1)C(=O)NC(Cc1ccc(O)cc1)C(=O)O. The maximum Gasteiger partial charge on any atom is 0.326 e. The predicted molar refractivity (Wildman–Crippen MR) is 145 cm³/mol. The van der Waals surface area contributed by atoms with Gasteiger partial charge in [0.25, 0.3) is 0 Å². The van der Waals surface area contributed by atoms with Crippen LogP contribution in [0.1, 0.15) is 36.8 Å². The number of aliphatic carboxylic acids is 2. The number of rotatable bonds is 13. The minimum atomic E-state index is -1.34. The summed E-state index contributed by atoms with van der Waals surface area (Å²) < 4.78 is 0. The highest BCUT2D eigenvalue weighted by atomic mass is 16.4. The Balaban J connectivity index is 1.77. The summed E-state index contributed by atoms with van der Waals surface area (Å²) >= 11 is 0. The summed E-state index contributed by atoms with van der Waals surface area (Å²) in [5, 5.41) is 42.8. The Morgan fingerprint density at radius 2 is 1.39 bits per heavy atom. The van der Waals surface area contributed by atoms with Gasteiger partial charge in [-0.1, -0.05) is 24.3 Å². The summed E-state index contributed by atoms with van der Waals surface area (Å²) in [6.45, 7) is 0.236. The molecule has 0 spiro atoms. The molecule has 4 atom stereocenters. The first-order valence-electron chi connectivity index (χ1n) is 13.1. The highest BCUT2D eigenvalue weighted by Gasteiger charge is 2.38. The molecule has 1 aliphatic rings. The highest BCUT2D eigenvalue weighted by Crippen LogP contribution is 2.20. The number of amides is 3. The Morgan fingerprint density at radius 1 is 0.854 bits per heavy atom. The molecule has 4 unspecified atom stereocenters. The third-order valence-corrected chi connectivity index (χ3v) is 6.82. The van der Waals surface area contributed by atoms with Crippen molar-refractivity contribution in [1.82, 2.24) is 15.5 Å². The summed E-state index contributed by atoms with van der Waals surface area (Å²) in [6.07, 6.45) is 0.278. The lowest BCUT2D eigenvalue weighted by Gasteiger charge is -2.28. The van der Waals surface area contributed by atoms with Crippen LogP contribution in [0, 0.1) is 0 Å². The Morgan fingerprint density at radius 3 is 1.90 bits per heavy atom. The summed E-state index contributed by atoms with van der Waals surface area (Å²) in [4.78, 5) is 63.7. The molecule has 220 valence electrons. The van der Waals surface area contributed by atoms with Gasteiger partial charge in [0.2, 0.25) is 17.7 Å². The van der Waals surface area contributed by atoms with Gasteiger partial charge in [0.05, 0.1) is 6.04 Å². The molecule has 0 radical (unpaired) electrons. The lowest BCUT2D eigenvalue weighted by molar-refractivity contribution is -0.143. The van der Waals surface area contributed by atoms with Crippen LogP contribution < -0.4 is 16.4 Å². The van der Waals surface area contributed by atoms with Gasteiger partial charge in [0.15, 0.2) is 0 Å². The molecule has 2 aromatic carbocycles. The van der Waals surface area contributed by atoms with Crippen LogP contribution in [0.5, 0.6) is 11.5 Å². The molecule has 13 heteroatoms. The molecular weight excluding hydrogens is 536 g/mol. The van der Waals surface area contributed by atoms with Crippen LogP contribution in [-0.2, 0) is 36.8 Å². The van der Waals surface area contributed by atoms with E-state index in [9.17, 15) is 39.3 Å². The van der Waals surface area contributed by atoms with E-state index in [1.165, 1.54) is 41.3 Å². The molecule has 0 bridgehead atoms. The molecule has 13 nitrogen and oxygen atoms in total. The molecule has 1 saturated heterocycles. The molecule has 41 heavy (non-hydrogen) atoms. The Bertz CT molecular complexity index is 1250. The number of carboxylic acids is 2. The molecule has 1 fully saturated rings. The van der Waals surface area contributed by atoms with Gasteiger partial charge in [-0.2, -0.15) is 0 Å². The van der Waals surface area contributed by atoms with Gasteiger partial charge in [-0.05, 0) is 54.7 Å². The largest absolute Gasteiger partial charge is 0.508 e. The van der Waals surface area contributed by atoms with Gasteiger partial charge < -0.3 is 41.7 Å². The van der Waals surface area contributed by atoms with Crippen LogP contribution in [0.25, 0.3) is 0 Å². The van der Waals surface area contributed by atoms with E-state index in [0.717, 1.165) is 0 Å². The number of benzene rings is 2. The molecule has 0 saturated carbocycles. The van der Waals surface area contributed by atoms with E-state index in [1.54, 1.807) is 12.1 Å². The number of carboxylic acid groups (broad SMARTS) is 2. The average molecular weight is 571 g/mol. The fraction of sp³-hybridized carbons (Fsp3) is 0.393. The van der Waals surface area contributed by atoms with Gasteiger partial charge >= 0.3 is 11.9 Å². The van der Waals surface area contributed by atoms with Crippen molar-refractivity contribution in [1.29, 1.82) is 0 Å². The van der Waals surface area contributed by atoms with Crippen LogP contribution in [0.4, 0.5) is 0 Å². The van der Waals surface area contributed by atoms with E-state index in [0.29, 0.717) is 24.0 Å². The third-order valence-electron chi connectivity index (χ3n) is 6.82. The number of phenolic OH excluding ortho intramolecular Hbond substituents is 2. The number of likely N-dealkylation sites (tertiary alicyclic amines) is 1. The lowest BCUT2D eigenvalue weighted by Crippen LogP contribution is -2.57. The fourth-order valence-corrected chi connectivity index (χ4v) is 4.60. The standard InChI is InChI=1S/C28H34N4O9/c29-20(11-12-24(35)36)27(39)32-13-1-2-23(32)26(38)30-21(14-16-3-7-18(33)8-4-16)25(37)31-22(28(40)41)15-17-5-9-19(34)10-6-17/h3-10,20-23,33-34H,1-2,11-15,29H2,(H,30,38)(H,31,37)(H,35,36)(H,40,41). The van der Waals surface area contributed by atoms with Crippen molar-refractivity contribution in [3.05, 3.63) is 59.7 Å². The van der Waals surface area contributed by atoms with Gasteiger partial charge in [-0.3, -0.25) is 19.2 Å². The number of nitrogens with one attached hydrogen (secondary N) is 2. The van der Waals surface area contributed by atoms with Crippen molar-refractivity contribution in [2.75, 3.05) is 6.54 Å². The zero-order valence-electron chi connectivity index (χ0n) is 22.2. The van der Waals surface area contributed by atoms with E-state index >= 15 is 0 Å². The average Bonchev–Trinajstić information content (AvgIpc) is 3.43. The summed E-state index contributed by atoms with van der Waals surface area (Å²) in [5.41, 5.74) is 7.01. The van der Waals surface area contributed by atoms with Crippen LogP contribution in [-0.4, -0.2) is 85.7 Å². The van der Waals surface area contributed by atoms with E-state index in [4.69, 9.17) is 10.8 Å². The normalized spacial score (nSPS) is 16.8. The van der Waals surface area contributed by atoms with Crippen molar-refractivity contribution < 1.29 is 44.4 Å². The topological polar surface area (TPSA) is 220 Å². The first-order valence-corrected chi connectivity index (χ1v) is 13.1. The van der Waals surface area contributed by atoms with E-state index < -0.39 is 53.8 Å². The van der Waals surface area contributed by atoms with Crippen LogP contribution in [0.2, 0.25) is 0 Å². The number of carbonyl (C=O) groups is 5. The van der Waals surface area contributed by atoms with Crippen LogP contribution in [0.3, 0.4) is 0 Å². The van der Waals surface area contributed by atoms with Crippen molar-refractivity contribution in [3.63, 3.8) is 0 Å². The Labute approximate surface area is 236 Å². The zero-order valence-corrected chi connectivity index (χ0v) is 22.2. The first-order chi connectivity index (χ1) is 19.4. The molecule has 2 aromatic rings. The zero-order chi connectivity index (χ0) is 30.1. The Hall–Kier alpha value is -4.65. The van der Waals surface area contributed by atoms with E-state index in [1.807, 2.05) is 0 Å². The first kappa shape index (κ1) is 30.9. The van der Waals surface area contributed by atoms with Crippen molar-refractivity contribution in [3.8, 4) is 11.5 Å². The second kappa shape index (κ2) is 14.1. The molecule has 3 amide bonds. The molecule has 8 N–H and O–H groups in total. The Kier molecular flexibility index (Phi) is 10.6. The fourth-order valence-electron chi connectivity index (χ4n) is 4.60. The van der Waals surface area contributed by atoms with Gasteiger partial charge in [-0.15, -0.1) is 0 Å². The van der Waals surface area contributed by atoms with Gasteiger partial charge in [0.1, 0.15) is 29.6 Å². The van der Waals surface area contributed by atoms with Gasteiger partial charge in [-0.25, -0.2) is 4.79 Å². The minimum Gasteiger partial charge on any atom is -0.508 e. The smallest absolute Gasteiger partial charge is 0.326 e. The summed E-state index contributed by atoms with van der Waals surface area (Å²) in [7, 11) is 0. The lowest BCUT2D eigenvalue weighted by atomic mass is 10.0.